The Hall–Kier alpha value is -1.43. The monoisotopic (exact) mass is 273 g/mol. The minimum absolute atomic E-state index is 0.120. The Balaban J connectivity index is 1.44. The first kappa shape index (κ1) is 12.3. The first-order valence-electron chi connectivity index (χ1n) is 7.13. The van der Waals surface area contributed by atoms with Gasteiger partial charge in [0.05, 0.1) is 18.7 Å². The summed E-state index contributed by atoms with van der Waals surface area (Å²) in [4.78, 5) is 2.42. The fourth-order valence-corrected chi connectivity index (χ4v) is 3.89. The van der Waals surface area contributed by atoms with Crippen LogP contribution in [0.5, 0.6) is 0 Å². The summed E-state index contributed by atoms with van der Waals surface area (Å²) in [7, 11) is 0. The van der Waals surface area contributed by atoms with Gasteiger partial charge in [-0.1, -0.05) is 0 Å². The van der Waals surface area contributed by atoms with E-state index in [0.29, 0.717) is 11.8 Å². The average molecular weight is 273 g/mol. The van der Waals surface area contributed by atoms with E-state index in [1.165, 1.54) is 5.56 Å². The fraction of sp³-hybridized carbons (Fsp3) is 0.533. The molecule has 0 bridgehead atoms. The number of nitrogens with zero attached hydrogens (tertiary/aromatic N) is 3. The van der Waals surface area contributed by atoms with E-state index >= 15 is 0 Å². The number of piperidine rings is 1. The maximum atomic E-state index is 9.44. The number of hydrogen-bond acceptors (Lipinski definition) is 4. The third-order valence-electron chi connectivity index (χ3n) is 5.22. The maximum absolute atomic E-state index is 9.44. The van der Waals surface area contributed by atoms with Gasteiger partial charge in [-0.3, -0.25) is 4.90 Å². The van der Waals surface area contributed by atoms with Crippen molar-refractivity contribution in [2.24, 2.45) is 17.3 Å². The van der Waals surface area contributed by atoms with Crippen molar-refractivity contribution >= 4 is 5.52 Å². The van der Waals surface area contributed by atoms with Crippen molar-refractivity contribution in [3.8, 4) is 0 Å². The molecule has 1 saturated carbocycles. The summed E-state index contributed by atoms with van der Waals surface area (Å²) in [5, 5.41) is 23.1. The van der Waals surface area contributed by atoms with E-state index in [9.17, 15) is 10.2 Å². The van der Waals surface area contributed by atoms with Gasteiger partial charge in [0, 0.05) is 37.4 Å². The van der Waals surface area contributed by atoms with Crippen LogP contribution in [-0.2, 0) is 6.54 Å². The van der Waals surface area contributed by atoms with E-state index in [1.54, 1.807) is 6.20 Å². The summed E-state index contributed by atoms with van der Waals surface area (Å²) in [6.07, 6.45) is 3.80. The first-order chi connectivity index (χ1) is 9.76. The van der Waals surface area contributed by atoms with Crippen LogP contribution in [0.15, 0.2) is 30.6 Å². The van der Waals surface area contributed by atoms with Crippen molar-refractivity contribution in [1.29, 1.82) is 0 Å². The van der Waals surface area contributed by atoms with Gasteiger partial charge in [0.25, 0.3) is 0 Å². The third kappa shape index (κ3) is 1.63. The molecule has 2 fully saturated rings. The van der Waals surface area contributed by atoms with Crippen LogP contribution in [0, 0.1) is 17.3 Å². The van der Waals surface area contributed by atoms with E-state index in [1.807, 2.05) is 16.8 Å². The summed E-state index contributed by atoms with van der Waals surface area (Å²) >= 11 is 0. The molecule has 2 unspecified atom stereocenters. The van der Waals surface area contributed by atoms with Gasteiger partial charge in [0.2, 0.25) is 0 Å². The SMILES string of the molecule is OCC1(CO)C2CN(Cc3ccn4nccc4c3)CC21. The van der Waals surface area contributed by atoms with Gasteiger partial charge in [0.15, 0.2) is 0 Å². The predicted molar refractivity (Wildman–Crippen MR) is 74.1 cm³/mol. The molecule has 1 saturated heterocycles. The lowest BCUT2D eigenvalue weighted by molar-refractivity contribution is 0.0869. The molecule has 5 heteroatoms. The molecule has 0 radical (unpaired) electrons. The molecule has 2 N–H and O–H groups in total. The van der Waals surface area contributed by atoms with Gasteiger partial charge >= 0.3 is 0 Å². The van der Waals surface area contributed by atoms with Crippen LogP contribution in [-0.4, -0.2) is 51.0 Å². The highest BCUT2D eigenvalue weighted by molar-refractivity contribution is 5.47. The van der Waals surface area contributed by atoms with E-state index in [2.05, 4.69) is 22.1 Å². The molecule has 1 aliphatic carbocycles. The topological polar surface area (TPSA) is 61.0 Å². The largest absolute Gasteiger partial charge is 0.396 e. The molecule has 20 heavy (non-hydrogen) atoms. The molecule has 5 nitrogen and oxygen atoms in total. The second-order valence-electron chi connectivity index (χ2n) is 6.19. The minimum atomic E-state index is -0.189. The molecule has 0 spiro atoms. The first-order valence-corrected chi connectivity index (χ1v) is 7.13. The zero-order valence-electron chi connectivity index (χ0n) is 11.3. The zero-order valence-corrected chi connectivity index (χ0v) is 11.3. The highest BCUT2D eigenvalue weighted by Gasteiger charge is 2.67. The number of aromatic nitrogens is 2. The van der Waals surface area contributed by atoms with Crippen LogP contribution in [0.25, 0.3) is 5.52 Å². The van der Waals surface area contributed by atoms with Crippen LogP contribution in [0.4, 0.5) is 0 Å². The van der Waals surface area contributed by atoms with Gasteiger partial charge in [-0.05, 0) is 35.6 Å². The van der Waals surface area contributed by atoms with Crippen LogP contribution in [0.3, 0.4) is 0 Å². The molecule has 2 aliphatic rings. The molecule has 2 atom stereocenters. The molecule has 0 aromatic carbocycles. The van der Waals surface area contributed by atoms with Gasteiger partial charge < -0.3 is 10.2 Å². The molecule has 1 aliphatic heterocycles. The minimum Gasteiger partial charge on any atom is -0.396 e. The lowest BCUT2D eigenvalue weighted by atomic mass is 10.0. The molecule has 0 amide bonds. The Labute approximate surface area is 117 Å². The molecule has 106 valence electrons. The van der Waals surface area contributed by atoms with Crippen LogP contribution < -0.4 is 0 Å². The van der Waals surface area contributed by atoms with Gasteiger partial charge in [-0.2, -0.15) is 5.10 Å². The Morgan fingerprint density at radius 3 is 2.65 bits per heavy atom. The summed E-state index contributed by atoms with van der Waals surface area (Å²) in [6, 6.07) is 6.28. The number of aliphatic hydroxyl groups is 2. The Bertz CT molecular complexity index is 621. The number of rotatable bonds is 4. The molecule has 2 aromatic heterocycles. The van der Waals surface area contributed by atoms with E-state index in [-0.39, 0.29) is 18.6 Å². The summed E-state index contributed by atoms with van der Waals surface area (Å²) in [5.74, 6) is 0.937. The van der Waals surface area contributed by atoms with E-state index in [0.717, 1.165) is 25.2 Å². The van der Waals surface area contributed by atoms with Gasteiger partial charge in [0.1, 0.15) is 0 Å². The number of likely N-dealkylation sites (tertiary alicyclic amines) is 1. The second kappa shape index (κ2) is 4.28. The number of hydrogen-bond donors (Lipinski definition) is 2. The Kier molecular flexibility index (Phi) is 2.64. The van der Waals surface area contributed by atoms with Crippen molar-refractivity contribution in [1.82, 2.24) is 14.5 Å². The van der Waals surface area contributed by atoms with Gasteiger partial charge in [-0.15, -0.1) is 0 Å². The Morgan fingerprint density at radius 2 is 1.95 bits per heavy atom. The highest BCUT2D eigenvalue weighted by atomic mass is 16.3. The quantitative estimate of drug-likeness (QED) is 0.845. The molecule has 3 heterocycles. The zero-order chi connectivity index (χ0) is 13.7. The van der Waals surface area contributed by atoms with Crippen LogP contribution in [0.2, 0.25) is 0 Å². The highest BCUT2D eigenvalue weighted by Crippen LogP contribution is 2.62. The van der Waals surface area contributed by atoms with Gasteiger partial charge in [-0.25, -0.2) is 4.52 Å². The second-order valence-corrected chi connectivity index (χ2v) is 6.19. The molecular formula is C15H19N3O2. The standard InChI is InChI=1S/C15H19N3O2/c19-9-15(10-20)13-7-17(8-14(13)15)6-11-2-4-18-12(5-11)1-3-16-18/h1-5,13-14,19-20H,6-10H2. The maximum Gasteiger partial charge on any atom is 0.0664 e. The molecule has 2 aromatic rings. The van der Waals surface area contributed by atoms with Crippen LogP contribution in [0.1, 0.15) is 5.56 Å². The molecular weight excluding hydrogens is 254 g/mol. The van der Waals surface area contributed by atoms with Crippen molar-refractivity contribution in [2.45, 2.75) is 6.54 Å². The van der Waals surface area contributed by atoms with Crippen molar-refractivity contribution in [3.63, 3.8) is 0 Å². The smallest absolute Gasteiger partial charge is 0.0664 e. The van der Waals surface area contributed by atoms with E-state index in [4.69, 9.17) is 0 Å². The lowest BCUT2D eigenvalue weighted by Gasteiger charge is -2.24. The predicted octanol–water partition coefficient (Wildman–Crippen LogP) is 0.367. The third-order valence-corrected chi connectivity index (χ3v) is 5.22. The lowest BCUT2D eigenvalue weighted by Crippen LogP contribution is -2.31. The van der Waals surface area contributed by atoms with Crippen LogP contribution >= 0.6 is 0 Å². The summed E-state index contributed by atoms with van der Waals surface area (Å²) < 4.78 is 1.87. The number of aliphatic hydroxyl groups excluding tert-OH is 2. The van der Waals surface area contributed by atoms with Crippen molar-refractivity contribution in [2.75, 3.05) is 26.3 Å². The van der Waals surface area contributed by atoms with Crippen molar-refractivity contribution in [3.05, 3.63) is 36.2 Å². The number of fused-ring (bicyclic) bond motifs is 2. The average Bonchev–Trinajstić information content (AvgIpc) is 2.86. The summed E-state index contributed by atoms with van der Waals surface area (Å²) in [6.45, 7) is 3.14. The molecule has 4 rings (SSSR count). The van der Waals surface area contributed by atoms with E-state index < -0.39 is 0 Å². The number of pyridine rings is 1. The van der Waals surface area contributed by atoms with Crippen molar-refractivity contribution < 1.29 is 10.2 Å². The summed E-state index contributed by atoms with van der Waals surface area (Å²) in [5.41, 5.74) is 2.22. The normalized spacial score (nSPS) is 27.9. The fourth-order valence-electron chi connectivity index (χ4n) is 3.89. The Morgan fingerprint density at radius 1 is 1.20 bits per heavy atom.